The Bertz CT molecular complexity index is 870. The van der Waals surface area contributed by atoms with Crippen molar-refractivity contribution in [2.24, 2.45) is 5.10 Å². The number of halogens is 1. The zero-order chi connectivity index (χ0) is 18.4. The van der Waals surface area contributed by atoms with Crippen molar-refractivity contribution in [1.82, 2.24) is 5.43 Å². The molecule has 0 aliphatic heterocycles. The average Bonchev–Trinajstić information content (AvgIpc) is 2.56. The van der Waals surface area contributed by atoms with E-state index in [2.05, 4.69) is 10.5 Å². The third kappa shape index (κ3) is 4.87. The van der Waals surface area contributed by atoms with Crippen LogP contribution in [0, 0.1) is 5.82 Å². The number of benzene rings is 2. The van der Waals surface area contributed by atoms with Gasteiger partial charge in [-0.1, -0.05) is 36.4 Å². The van der Waals surface area contributed by atoms with Gasteiger partial charge in [0.25, 0.3) is 5.91 Å². The summed E-state index contributed by atoms with van der Waals surface area (Å²) in [6, 6.07) is 13.2. The first-order chi connectivity index (χ1) is 11.8. The topological polar surface area (TPSA) is 78.8 Å². The van der Waals surface area contributed by atoms with E-state index in [0.717, 1.165) is 16.8 Å². The summed E-state index contributed by atoms with van der Waals surface area (Å²) in [7, 11) is -3.69. The Labute approximate surface area is 146 Å². The maximum absolute atomic E-state index is 13.5. The Balaban J connectivity index is 2.15. The van der Waals surface area contributed by atoms with Crippen molar-refractivity contribution in [3.63, 3.8) is 0 Å². The number of rotatable bonds is 6. The van der Waals surface area contributed by atoms with Gasteiger partial charge in [-0.3, -0.25) is 9.10 Å². The molecule has 0 saturated heterocycles. The van der Waals surface area contributed by atoms with Crippen LogP contribution in [0.5, 0.6) is 0 Å². The first-order valence-electron chi connectivity index (χ1n) is 7.42. The van der Waals surface area contributed by atoms with Crippen molar-refractivity contribution in [1.29, 1.82) is 0 Å². The lowest BCUT2D eigenvalue weighted by molar-refractivity contribution is -0.121. The predicted molar refractivity (Wildman–Crippen MR) is 95.4 cm³/mol. The molecule has 132 valence electrons. The maximum Gasteiger partial charge on any atom is 0.263 e. The van der Waals surface area contributed by atoms with Crippen LogP contribution in [0.4, 0.5) is 10.1 Å². The summed E-state index contributed by atoms with van der Waals surface area (Å²) in [5, 5.41) is 3.70. The van der Waals surface area contributed by atoms with E-state index in [1.165, 1.54) is 25.1 Å². The summed E-state index contributed by atoms with van der Waals surface area (Å²) < 4.78 is 38.6. The molecule has 0 spiro atoms. The van der Waals surface area contributed by atoms with Crippen LogP contribution in [-0.2, 0) is 14.8 Å². The maximum atomic E-state index is 13.5. The molecule has 2 aromatic rings. The van der Waals surface area contributed by atoms with Crippen LogP contribution in [0.15, 0.2) is 59.7 Å². The van der Waals surface area contributed by atoms with E-state index in [1.54, 1.807) is 36.4 Å². The van der Waals surface area contributed by atoms with E-state index in [9.17, 15) is 17.6 Å². The molecule has 1 amide bonds. The van der Waals surface area contributed by atoms with Gasteiger partial charge in [0.2, 0.25) is 10.0 Å². The molecular weight excluding hydrogens is 345 g/mol. The van der Waals surface area contributed by atoms with Crippen LogP contribution in [0.25, 0.3) is 0 Å². The van der Waals surface area contributed by atoms with Gasteiger partial charge in [-0.15, -0.1) is 0 Å². The molecule has 0 heterocycles. The molecule has 1 atom stereocenters. The van der Waals surface area contributed by atoms with Gasteiger partial charge in [-0.2, -0.15) is 5.10 Å². The number of sulfonamides is 1. The minimum atomic E-state index is -3.69. The van der Waals surface area contributed by atoms with Gasteiger partial charge in [0.05, 0.1) is 18.2 Å². The first kappa shape index (κ1) is 18.6. The highest BCUT2D eigenvalue weighted by Crippen LogP contribution is 2.20. The van der Waals surface area contributed by atoms with Gasteiger partial charge in [-0.25, -0.2) is 18.2 Å². The number of carbonyl (C=O) groups is 1. The van der Waals surface area contributed by atoms with Crippen LogP contribution >= 0.6 is 0 Å². The normalized spacial score (nSPS) is 12.8. The van der Waals surface area contributed by atoms with Gasteiger partial charge in [0, 0.05) is 5.56 Å². The Morgan fingerprint density at radius 2 is 1.76 bits per heavy atom. The van der Waals surface area contributed by atoms with Gasteiger partial charge in [-0.05, 0) is 25.1 Å². The molecule has 0 aliphatic carbocycles. The molecule has 0 unspecified atom stereocenters. The quantitative estimate of drug-likeness (QED) is 0.631. The number of amides is 1. The summed E-state index contributed by atoms with van der Waals surface area (Å²) in [4.78, 5) is 12.3. The van der Waals surface area contributed by atoms with Crippen molar-refractivity contribution in [2.45, 2.75) is 13.0 Å². The van der Waals surface area contributed by atoms with Gasteiger partial charge >= 0.3 is 0 Å². The van der Waals surface area contributed by atoms with Gasteiger partial charge < -0.3 is 0 Å². The number of carbonyl (C=O) groups excluding carboxylic acids is 1. The standard InChI is InChI=1S/C17H18FN3O3S/c1-13(21(25(2,23)24)15-9-4-3-5-10-15)17(22)20-19-12-14-8-6-7-11-16(14)18/h3-13H,1-2H3,(H,20,22)/t13-/m0/s1. The third-order valence-corrected chi connectivity index (χ3v) is 4.62. The van der Waals surface area contributed by atoms with E-state index >= 15 is 0 Å². The summed E-state index contributed by atoms with van der Waals surface area (Å²) >= 11 is 0. The van der Waals surface area contributed by atoms with Crippen LogP contribution in [-0.4, -0.2) is 32.8 Å². The monoisotopic (exact) mass is 363 g/mol. The van der Waals surface area contributed by atoms with Gasteiger partial charge in [0.15, 0.2) is 0 Å². The summed E-state index contributed by atoms with van der Waals surface area (Å²) in [6.45, 7) is 1.45. The molecule has 1 N–H and O–H groups in total. The lowest BCUT2D eigenvalue weighted by Gasteiger charge is -2.27. The largest absolute Gasteiger partial charge is 0.271 e. The van der Waals surface area contributed by atoms with E-state index in [1.807, 2.05) is 0 Å². The number of hydrogen-bond donors (Lipinski definition) is 1. The Morgan fingerprint density at radius 1 is 1.16 bits per heavy atom. The second-order valence-corrected chi connectivity index (χ2v) is 7.19. The molecule has 0 bridgehead atoms. The molecule has 25 heavy (non-hydrogen) atoms. The Hall–Kier alpha value is -2.74. The second-order valence-electron chi connectivity index (χ2n) is 5.33. The van der Waals surface area contributed by atoms with Gasteiger partial charge in [0.1, 0.15) is 11.9 Å². The number of anilines is 1. The number of hydrogen-bond acceptors (Lipinski definition) is 4. The molecular formula is C17H18FN3O3S. The highest BCUT2D eigenvalue weighted by Gasteiger charge is 2.28. The molecule has 8 heteroatoms. The van der Waals surface area contributed by atoms with Crippen molar-refractivity contribution in [3.8, 4) is 0 Å². The molecule has 0 radical (unpaired) electrons. The highest BCUT2D eigenvalue weighted by atomic mass is 32.2. The van der Waals surface area contributed by atoms with Crippen molar-refractivity contribution in [3.05, 3.63) is 66.0 Å². The van der Waals surface area contributed by atoms with Crippen LogP contribution < -0.4 is 9.73 Å². The smallest absolute Gasteiger partial charge is 0.263 e. The lowest BCUT2D eigenvalue weighted by Crippen LogP contribution is -2.46. The van der Waals surface area contributed by atoms with E-state index in [0.29, 0.717) is 5.69 Å². The molecule has 0 aromatic heterocycles. The molecule has 2 aromatic carbocycles. The highest BCUT2D eigenvalue weighted by molar-refractivity contribution is 7.92. The lowest BCUT2D eigenvalue weighted by atomic mass is 10.2. The van der Waals surface area contributed by atoms with Crippen LogP contribution in [0.1, 0.15) is 12.5 Å². The number of nitrogens with one attached hydrogen (secondary N) is 1. The van der Waals surface area contributed by atoms with Crippen molar-refractivity contribution >= 4 is 27.8 Å². The number of nitrogens with zero attached hydrogens (tertiary/aromatic N) is 2. The summed E-state index contributed by atoms with van der Waals surface area (Å²) in [5.74, 6) is -1.11. The zero-order valence-corrected chi connectivity index (χ0v) is 14.6. The van der Waals surface area contributed by atoms with Crippen LogP contribution in [0.2, 0.25) is 0 Å². The van der Waals surface area contributed by atoms with E-state index < -0.39 is 27.8 Å². The molecule has 0 fully saturated rings. The SMILES string of the molecule is C[C@@H](C(=O)NN=Cc1ccccc1F)N(c1ccccc1)S(C)(=O)=O. The van der Waals surface area contributed by atoms with E-state index in [-0.39, 0.29) is 5.56 Å². The predicted octanol–water partition coefficient (Wildman–Crippen LogP) is 2.13. The number of para-hydroxylation sites is 1. The third-order valence-electron chi connectivity index (χ3n) is 3.38. The van der Waals surface area contributed by atoms with Crippen molar-refractivity contribution < 1.29 is 17.6 Å². The minimum absolute atomic E-state index is 0.207. The molecule has 6 nitrogen and oxygen atoms in total. The Kier molecular flexibility index (Phi) is 5.87. The molecule has 0 aliphatic rings. The fourth-order valence-corrected chi connectivity index (χ4v) is 3.40. The summed E-state index contributed by atoms with van der Waals surface area (Å²) in [6.07, 6.45) is 2.18. The Morgan fingerprint density at radius 3 is 2.36 bits per heavy atom. The molecule has 0 saturated carbocycles. The van der Waals surface area contributed by atoms with Crippen LogP contribution in [0.3, 0.4) is 0 Å². The minimum Gasteiger partial charge on any atom is -0.271 e. The zero-order valence-electron chi connectivity index (χ0n) is 13.8. The average molecular weight is 363 g/mol. The van der Waals surface area contributed by atoms with Crippen molar-refractivity contribution in [2.75, 3.05) is 10.6 Å². The van der Waals surface area contributed by atoms with E-state index in [4.69, 9.17) is 0 Å². The number of hydrazone groups is 1. The first-order valence-corrected chi connectivity index (χ1v) is 9.27. The fraction of sp³-hybridized carbons (Fsp3) is 0.176. The molecule has 2 rings (SSSR count). The summed E-state index contributed by atoms with van der Waals surface area (Å²) in [5.41, 5.74) is 2.81. The second kappa shape index (κ2) is 7.89. The fourth-order valence-electron chi connectivity index (χ4n) is 2.22.